The SMILES string of the molecule is O=C(NC1CCCCC1)N(Cc1ccc(F)cc1F)CC1CCNCC1. The number of hydrogen-bond acceptors (Lipinski definition) is 2. The van der Waals surface area contributed by atoms with Crippen LogP contribution in [-0.2, 0) is 6.54 Å². The van der Waals surface area contributed by atoms with Gasteiger partial charge in [-0.25, -0.2) is 13.6 Å². The highest BCUT2D eigenvalue weighted by atomic mass is 19.1. The molecule has 4 nitrogen and oxygen atoms in total. The summed E-state index contributed by atoms with van der Waals surface area (Å²) in [6.45, 7) is 2.69. The number of hydrogen-bond donors (Lipinski definition) is 2. The normalized spacial score (nSPS) is 19.3. The number of urea groups is 1. The number of carbonyl (C=O) groups is 1. The van der Waals surface area contributed by atoms with Crippen LogP contribution in [0, 0.1) is 17.6 Å². The van der Waals surface area contributed by atoms with Gasteiger partial charge in [0.05, 0.1) is 6.54 Å². The zero-order valence-electron chi connectivity index (χ0n) is 15.3. The van der Waals surface area contributed by atoms with Crippen LogP contribution in [0.15, 0.2) is 18.2 Å². The lowest BCUT2D eigenvalue weighted by Crippen LogP contribution is -2.47. The highest BCUT2D eigenvalue weighted by Gasteiger charge is 2.24. The fraction of sp³-hybridized carbons (Fsp3) is 0.650. The molecule has 6 heteroatoms. The molecule has 0 unspecified atom stereocenters. The molecule has 26 heavy (non-hydrogen) atoms. The minimum atomic E-state index is -0.595. The maximum absolute atomic E-state index is 14.1. The van der Waals surface area contributed by atoms with Crippen molar-refractivity contribution >= 4 is 6.03 Å². The van der Waals surface area contributed by atoms with Crippen LogP contribution in [0.2, 0.25) is 0 Å². The van der Waals surface area contributed by atoms with E-state index in [1.807, 2.05) is 0 Å². The van der Waals surface area contributed by atoms with Crippen LogP contribution in [0.4, 0.5) is 13.6 Å². The molecule has 1 saturated heterocycles. The van der Waals surface area contributed by atoms with Gasteiger partial charge in [0.15, 0.2) is 0 Å². The number of amides is 2. The van der Waals surface area contributed by atoms with Crippen molar-refractivity contribution in [3.63, 3.8) is 0 Å². The first-order valence-electron chi connectivity index (χ1n) is 9.82. The molecular formula is C20H29F2N3O. The van der Waals surface area contributed by atoms with E-state index in [0.29, 0.717) is 18.0 Å². The Labute approximate surface area is 154 Å². The molecular weight excluding hydrogens is 336 g/mol. The Morgan fingerprint density at radius 1 is 1.12 bits per heavy atom. The van der Waals surface area contributed by atoms with Gasteiger partial charge < -0.3 is 15.5 Å². The Bertz CT molecular complexity index is 599. The Morgan fingerprint density at radius 3 is 2.54 bits per heavy atom. The summed E-state index contributed by atoms with van der Waals surface area (Å²) >= 11 is 0. The summed E-state index contributed by atoms with van der Waals surface area (Å²) in [6, 6.07) is 3.66. The molecule has 1 saturated carbocycles. The summed E-state index contributed by atoms with van der Waals surface area (Å²) in [5.41, 5.74) is 0.360. The number of nitrogens with one attached hydrogen (secondary N) is 2. The predicted octanol–water partition coefficient (Wildman–Crippen LogP) is 3.81. The highest BCUT2D eigenvalue weighted by molar-refractivity contribution is 5.74. The molecule has 2 aliphatic rings. The van der Waals surface area contributed by atoms with Crippen LogP contribution in [0.1, 0.15) is 50.5 Å². The number of carbonyl (C=O) groups excluding carboxylic acids is 1. The van der Waals surface area contributed by atoms with Crippen molar-refractivity contribution in [1.29, 1.82) is 0 Å². The lowest BCUT2D eigenvalue weighted by Gasteiger charge is -2.32. The van der Waals surface area contributed by atoms with Crippen molar-refractivity contribution in [2.45, 2.75) is 57.5 Å². The van der Waals surface area contributed by atoms with Crippen LogP contribution >= 0.6 is 0 Å². The molecule has 144 valence electrons. The summed E-state index contributed by atoms with van der Waals surface area (Å²) in [5.74, 6) is -0.773. The Kier molecular flexibility index (Phi) is 6.83. The van der Waals surface area contributed by atoms with Gasteiger partial charge in [0.1, 0.15) is 11.6 Å². The number of rotatable bonds is 5. The van der Waals surface area contributed by atoms with Gasteiger partial charge >= 0.3 is 6.03 Å². The van der Waals surface area contributed by atoms with Crippen molar-refractivity contribution in [2.24, 2.45) is 5.92 Å². The first-order valence-corrected chi connectivity index (χ1v) is 9.82. The summed E-state index contributed by atoms with van der Waals surface area (Å²) < 4.78 is 27.3. The second kappa shape index (κ2) is 9.31. The molecule has 0 radical (unpaired) electrons. The third-order valence-electron chi connectivity index (χ3n) is 5.53. The van der Waals surface area contributed by atoms with E-state index in [9.17, 15) is 13.6 Å². The zero-order valence-corrected chi connectivity index (χ0v) is 15.3. The molecule has 1 heterocycles. The third kappa shape index (κ3) is 5.40. The van der Waals surface area contributed by atoms with Crippen molar-refractivity contribution < 1.29 is 13.6 Å². The molecule has 1 aromatic rings. The molecule has 0 aromatic heterocycles. The third-order valence-corrected chi connectivity index (χ3v) is 5.53. The molecule has 1 aliphatic heterocycles. The Morgan fingerprint density at radius 2 is 1.85 bits per heavy atom. The number of nitrogens with zero attached hydrogens (tertiary/aromatic N) is 1. The summed E-state index contributed by atoms with van der Waals surface area (Å²) in [4.78, 5) is 14.6. The van der Waals surface area contributed by atoms with E-state index < -0.39 is 11.6 Å². The van der Waals surface area contributed by atoms with Crippen molar-refractivity contribution in [3.8, 4) is 0 Å². The molecule has 0 spiro atoms. The van der Waals surface area contributed by atoms with Crippen molar-refractivity contribution in [3.05, 3.63) is 35.4 Å². The maximum Gasteiger partial charge on any atom is 0.317 e. The second-order valence-electron chi connectivity index (χ2n) is 7.59. The largest absolute Gasteiger partial charge is 0.335 e. The van der Waals surface area contributed by atoms with Crippen molar-refractivity contribution in [1.82, 2.24) is 15.5 Å². The van der Waals surface area contributed by atoms with Crippen molar-refractivity contribution in [2.75, 3.05) is 19.6 Å². The minimum Gasteiger partial charge on any atom is -0.335 e. The fourth-order valence-electron chi connectivity index (χ4n) is 3.96. The predicted molar refractivity (Wildman–Crippen MR) is 97.8 cm³/mol. The van der Waals surface area contributed by atoms with Crippen LogP contribution in [0.5, 0.6) is 0 Å². The van der Waals surface area contributed by atoms with E-state index in [1.54, 1.807) is 4.90 Å². The van der Waals surface area contributed by atoms with Gasteiger partial charge in [0.25, 0.3) is 0 Å². The molecule has 1 aliphatic carbocycles. The van der Waals surface area contributed by atoms with Gasteiger partial charge in [-0.1, -0.05) is 25.3 Å². The lowest BCUT2D eigenvalue weighted by atomic mass is 9.95. The van der Waals surface area contributed by atoms with Gasteiger partial charge in [-0.2, -0.15) is 0 Å². The van der Waals surface area contributed by atoms with E-state index in [1.165, 1.54) is 18.6 Å². The molecule has 2 fully saturated rings. The number of halogens is 2. The Balaban J connectivity index is 1.68. The average Bonchev–Trinajstić information content (AvgIpc) is 2.65. The lowest BCUT2D eigenvalue weighted by molar-refractivity contribution is 0.169. The monoisotopic (exact) mass is 365 g/mol. The van der Waals surface area contributed by atoms with E-state index in [0.717, 1.165) is 57.7 Å². The summed E-state index contributed by atoms with van der Waals surface area (Å²) in [5, 5.41) is 6.46. The van der Waals surface area contributed by atoms with Crippen LogP contribution in [-0.4, -0.2) is 36.6 Å². The van der Waals surface area contributed by atoms with Gasteiger partial charge in [0.2, 0.25) is 0 Å². The fourth-order valence-corrected chi connectivity index (χ4v) is 3.96. The summed E-state index contributed by atoms with van der Waals surface area (Å²) in [7, 11) is 0. The molecule has 1 aromatic carbocycles. The van der Waals surface area contributed by atoms with Crippen LogP contribution in [0.25, 0.3) is 0 Å². The second-order valence-corrected chi connectivity index (χ2v) is 7.59. The Hall–Kier alpha value is -1.69. The van der Waals surface area contributed by atoms with E-state index in [4.69, 9.17) is 0 Å². The highest BCUT2D eigenvalue weighted by Crippen LogP contribution is 2.20. The quantitative estimate of drug-likeness (QED) is 0.833. The van der Waals surface area contributed by atoms with Gasteiger partial charge in [-0.3, -0.25) is 0 Å². The first-order chi connectivity index (χ1) is 12.6. The number of piperidine rings is 1. The number of benzene rings is 1. The zero-order chi connectivity index (χ0) is 18.4. The average molecular weight is 365 g/mol. The first kappa shape index (κ1) is 19.1. The van der Waals surface area contributed by atoms with Crippen LogP contribution in [0.3, 0.4) is 0 Å². The summed E-state index contributed by atoms with van der Waals surface area (Å²) in [6.07, 6.45) is 7.57. The standard InChI is InChI=1S/C20H29F2N3O/c21-17-7-6-16(19(22)12-17)14-25(13-15-8-10-23-11-9-15)20(26)24-18-4-2-1-3-5-18/h6-7,12,15,18,23H,1-5,8-11,13-14H2,(H,24,26). The molecule has 0 atom stereocenters. The topological polar surface area (TPSA) is 44.4 Å². The van der Waals surface area contributed by atoms with E-state index in [2.05, 4.69) is 10.6 Å². The molecule has 3 rings (SSSR count). The molecule has 0 bridgehead atoms. The van der Waals surface area contributed by atoms with Gasteiger partial charge in [0, 0.05) is 24.2 Å². The molecule has 2 N–H and O–H groups in total. The smallest absolute Gasteiger partial charge is 0.317 e. The van der Waals surface area contributed by atoms with Crippen LogP contribution < -0.4 is 10.6 Å². The van der Waals surface area contributed by atoms with E-state index >= 15 is 0 Å². The van der Waals surface area contributed by atoms with E-state index in [-0.39, 0.29) is 18.6 Å². The van der Waals surface area contributed by atoms with Gasteiger partial charge in [-0.05, 0) is 50.8 Å². The minimum absolute atomic E-state index is 0.126. The maximum atomic E-state index is 14.1. The molecule has 2 amide bonds. The van der Waals surface area contributed by atoms with Gasteiger partial charge in [-0.15, -0.1) is 0 Å².